The summed E-state index contributed by atoms with van der Waals surface area (Å²) < 4.78 is 13.1. The smallest absolute Gasteiger partial charge is 0.544 e. The van der Waals surface area contributed by atoms with Gasteiger partial charge in [0.25, 0.3) is 6.36 Å². The van der Waals surface area contributed by atoms with Crippen LogP contribution in [0.25, 0.3) is 0 Å². The molecule has 0 aromatic heterocycles. The summed E-state index contributed by atoms with van der Waals surface area (Å²) in [5, 5.41) is 13.7. The number of hydrogen-bond donors (Lipinski definition) is 1. The van der Waals surface area contributed by atoms with Crippen molar-refractivity contribution in [3.05, 3.63) is 11.6 Å². The third kappa shape index (κ3) is 3.60. The number of amides is 3. The number of hydroxylamine groups is 2. The third-order valence-electron chi connectivity index (χ3n) is 3.41. The van der Waals surface area contributed by atoms with Gasteiger partial charge >= 0.3 is 24.9 Å². The number of carbonyl (C=O) groups is 3. The Morgan fingerprint density at radius 2 is 2.23 bits per heavy atom. The first-order valence-corrected chi connectivity index (χ1v) is 6.35. The van der Waals surface area contributed by atoms with Gasteiger partial charge in [-0.05, 0) is 6.92 Å². The number of fused-ring (bicyclic) bond motifs is 2. The van der Waals surface area contributed by atoms with Gasteiger partial charge in [0, 0.05) is 20.0 Å². The molecule has 0 aliphatic carbocycles. The zero-order chi connectivity index (χ0) is 15.7. The number of urea groups is 1. The first kappa shape index (κ1) is 18.5. The van der Waals surface area contributed by atoms with Gasteiger partial charge in [-0.3, -0.25) is 4.79 Å². The average molecular weight is 307 g/mol. The van der Waals surface area contributed by atoms with Crippen LogP contribution in [0.4, 0.5) is 9.18 Å². The number of carbonyl (C=O) groups excluding carboxylic acids is 3. The number of alkyl halides is 1. The Bertz CT molecular complexity index is 515. The standard InChI is InChI=1S/C12H16FN3O5.Li/c1-6-3-8-5-15(9(6)4-14-7(2)17)12(20)16(8)21-10(13)11(18)19;/h3,8-10H,4-5H2,1-2H3,(H,14,17)(H,18,19);/q;+1/p-1/t8-,9-,10-;/m1./s1. The molecule has 8 nitrogen and oxygen atoms in total. The van der Waals surface area contributed by atoms with Crippen LogP contribution < -0.4 is 29.3 Å². The van der Waals surface area contributed by atoms with E-state index in [1.165, 1.54) is 11.8 Å². The molecule has 0 spiro atoms. The normalized spacial score (nSPS) is 24.5. The van der Waals surface area contributed by atoms with E-state index < -0.39 is 24.4 Å². The summed E-state index contributed by atoms with van der Waals surface area (Å²) in [5.41, 5.74) is 0.809. The number of nitrogens with zero attached hydrogens (tertiary/aromatic N) is 2. The van der Waals surface area contributed by atoms with Crippen molar-refractivity contribution in [3.8, 4) is 0 Å². The molecule has 116 valence electrons. The fourth-order valence-corrected chi connectivity index (χ4v) is 2.44. The van der Waals surface area contributed by atoms with Gasteiger partial charge in [0.15, 0.2) is 0 Å². The molecule has 3 atom stereocenters. The Balaban J connectivity index is 0.00000242. The number of carboxylic acid groups (broad SMARTS) is 1. The monoisotopic (exact) mass is 307 g/mol. The van der Waals surface area contributed by atoms with E-state index in [0.717, 1.165) is 5.57 Å². The molecule has 2 rings (SSSR count). The molecule has 0 saturated carbocycles. The van der Waals surface area contributed by atoms with Crippen LogP contribution in [-0.2, 0) is 14.4 Å². The molecule has 3 amide bonds. The van der Waals surface area contributed by atoms with Crippen LogP contribution in [0.3, 0.4) is 0 Å². The Hall–Kier alpha value is -1.56. The van der Waals surface area contributed by atoms with E-state index in [4.69, 9.17) is 0 Å². The van der Waals surface area contributed by atoms with Gasteiger partial charge in [-0.2, -0.15) is 5.06 Å². The quantitative estimate of drug-likeness (QED) is 0.408. The molecule has 2 aliphatic rings. The van der Waals surface area contributed by atoms with Crippen LogP contribution in [0.5, 0.6) is 0 Å². The van der Waals surface area contributed by atoms with Gasteiger partial charge in [-0.25, -0.2) is 14.0 Å². The van der Waals surface area contributed by atoms with Crippen molar-refractivity contribution in [3.63, 3.8) is 0 Å². The van der Waals surface area contributed by atoms with E-state index in [1.54, 1.807) is 13.0 Å². The summed E-state index contributed by atoms with van der Waals surface area (Å²) in [6.07, 6.45) is -1.02. The Morgan fingerprint density at radius 1 is 1.59 bits per heavy atom. The topological polar surface area (TPSA) is 102 Å². The van der Waals surface area contributed by atoms with E-state index in [1.807, 2.05) is 0 Å². The van der Waals surface area contributed by atoms with Crippen molar-refractivity contribution in [2.75, 3.05) is 13.1 Å². The maximum Gasteiger partial charge on any atom is 1.00 e. The number of rotatable bonds is 5. The summed E-state index contributed by atoms with van der Waals surface area (Å²) in [6.45, 7) is 3.59. The molecule has 0 radical (unpaired) electrons. The van der Waals surface area contributed by atoms with Crippen LogP contribution in [0.1, 0.15) is 13.8 Å². The van der Waals surface area contributed by atoms with Crippen molar-refractivity contribution < 1.29 is 47.6 Å². The molecule has 1 saturated heterocycles. The molecule has 2 aliphatic heterocycles. The average Bonchev–Trinajstić information content (AvgIpc) is 2.63. The molecule has 0 aromatic carbocycles. The van der Waals surface area contributed by atoms with E-state index in [2.05, 4.69) is 10.2 Å². The largest absolute Gasteiger partial charge is 1.00 e. The van der Waals surface area contributed by atoms with Gasteiger partial charge < -0.3 is 20.1 Å². The van der Waals surface area contributed by atoms with E-state index in [9.17, 15) is 23.9 Å². The third-order valence-corrected chi connectivity index (χ3v) is 3.41. The molecule has 0 unspecified atom stereocenters. The van der Waals surface area contributed by atoms with Crippen molar-refractivity contribution in [1.82, 2.24) is 15.3 Å². The summed E-state index contributed by atoms with van der Waals surface area (Å²) in [5.74, 6) is -2.28. The van der Waals surface area contributed by atoms with Crippen molar-refractivity contribution in [1.29, 1.82) is 0 Å². The first-order valence-electron chi connectivity index (χ1n) is 6.35. The second kappa shape index (κ2) is 7.13. The van der Waals surface area contributed by atoms with Crippen molar-refractivity contribution in [2.45, 2.75) is 32.3 Å². The number of halogens is 1. The van der Waals surface area contributed by atoms with Crippen LogP contribution >= 0.6 is 0 Å². The van der Waals surface area contributed by atoms with Gasteiger partial charge in [0.2, 0.25) is 5.91 Å². The maximum absolute atomic E-state index is 13.1. The van der Waals surface area contributed by atoms with Gasteiger partial charge in [-0.15, -0.1) is 0 Å². The van der Waals surface area contributed by atoms with Crippen LogP contribution in [0.2, 0.25) is 0 Å². The fourth-order valence-electron chi connectivity index (χ4n) is 2.44. The maximum atomic E-state index is 13.1. The molecular formula is C12H15FLiN3O5. The summed E-state index contributed by atoms with van der Waals surface area (Å²) in [6, 6.07) is -1.58. The number of hydrogen-bond acceptors (Lipinski definition) is 5. The summed E-state index contributed by atoms with van der Waals surface area (Å²) in [7, 11) is 0. The predicted molar refractivity (Wildman–Crippen MR) is 64.9 cm³/mol. The molecule has 2 bridgehead atoms. The van der Waals surface area contributed by atoms with Gasteiger partial charge in [-0.1, -0.05) is 11.6 Å². The van der Waals surface area contributed by atoms with Gasteiger partial charge in [0.05, 0.1) is 12.1 Å². The number of nitrogens with one attached hydrogen (secondary N) is 1. The Kier molecular flexibility index (Phi) is 5.99. The molecule has 10 heteroatoms. The zero-order valence-corrected chi connectivity index (χ0v) is 12.5. The van der Waals surface area contributed by atoms with E-state index in [0.29, 0.717) is 5.06 Å². The molecule has 1 N–H and O–H groups in total. The second-order valence-corrected chi connectivity index (χ2v) is 4.93. The summed E-state index contributed by atoms with van der Waals surface area (Å²) in [4.78, 5) is 39.4. The molecule has 1 fully saturated rings. The molecular weight excluding hydrogens is 292 g/mol. The second-order valence-electron chi connectivity index (χ2n) is 4.93. The molecule has 22 heavy (non-hydrogen) atoms. The van der Waals surface area contributed by atoms with Crippen molar-refractivity contribution >= 4 is 17.9 Å². The fraction of sp³-hybridized carbons (Fsp3) is 0.583. The molecule has 0 aromatic rings. The van der Waals surface area contributed by atoms with Crippen LogP contribution in [0, 0.1) is 0 Å². The summed E-state index contributed by atoms with van der Waals surface area (Å²) >= 11 is 0. The Labute approximate surface area is 138 Å². The van der Waals surface area contributed by atoms with E-state index in [-0.39, 0.29) is 43.9 Å². The molecule has 2 heterocycles. The minimum Gasteiger partial charge on any atom is -0.544 e. The van der Waals surface area contributed by atoms with Crippen molar-refractivity contribution in [2.24, 2.45) is 0 Å². The minimum absolute atomic E-state index is 0. The predicted octanol–water partition coefficient (Wildman–Crippen LogP) is -4.46. The SMILES string of the molecule is CC(=O)NC[C@@H]1C(C)=C[C@@H]2CN1C(=O)N2O[C@@H](F)C(=O)[O-].[Li+]. The first-order chi connectivity index (χ1) is 9.81. The van der Waals surface area contributed by atoms with Gasteiger partial charge in [0.1, 0.15) is 5.97 Å². The van der Waals surface area contributed by atoms with E-state index >= 15 is 0 Å². The number of aliphatic carboxylic acids is 1. The minimum atomic E-state index is -2.71. The van der Waals surface area contributed by atoms with Crippen LogP contribution in [-0.4, -0.2) is 59.4 Å². The zero-order valence-electron chi connectivity index (χ0n) is 12.5. The van der Waals surface area contributed by atoms with Crippen LogP contribution in [0.15, 0.2) is 11.6 Å². The number of carboxylic acids is 1. The Morgan fingerprint density at radius 3 is 2.77 bits per heavy atom.